The molecule has 1 unspecified atom stereocenters. The van der Waals surface area contributed by atoms with Crippen LogP contribution in [0.15, 0.2) is 42.5 Å². The summed E-state index contributed by atoms with van der Waals surface area (Å²) in [7, 11) is 0. The van der Waals surface area contributed by atoms with Gasteiger partial charge in [0.1, 0.15) is 0 Å². The third-order valence-corrected chi connectivity index (χ3v) is 4.78. The SMILES string of the molecule is O=C(Cc1ccc2ccccc2c1)N1CCC(CCBr)C1. The highest BCUT2D eigenvalue weighted by Crippen LogP contribution is 2.22. The Labute approximate surface area is 134 Å². The maximum atomic E-state index is 12.4. The molecule has 0 saturated carbocycles. The topological polar surface area (TPSA) is 20.3 Å². The second kappa shape index (κ2) is 6.61. The van der Waals surface area contributed by atoms with Gasteiger partial charge in [0.15, 0.2) is 0 Å². The summed E-state index contributed by atoms with van der Waals surface area (Å²) in [6, 6.07) is 14.6. The van der Waals surface area contributed by atoms with Gasteiger partial charge in [0, 0.05) is 18.4 Å². The van der Waals surface area contributed by atoms with Gasteiger partial charge in [-0.1, -0.05) is 58.4 Å². The van der Waals surface area contributed by atoms with Gasteiger partial charge in [0.25, 0.3) is 0 Å². The zero-order valence-corrected chi connectivity index (χ0v) is 13.7. The number of rotatable bonds is 4. The first-order valence-electron chi connectivity index (χ1n) is 7.57. The van der Waals surface area contributed by atoms with Crippen molar-refractivity contribution in [2.75, 3.05) is 18.4 Å². The molecular formula is C18H20BrNO. The molecule has 21 heavy (non-hydrogen) atoms. The molecule has 2 nitrogen and oxygen atoms in total. The van der Waals surface area contributed by atoms with Crippen LogP contribution in [-0.4, -0.2) is 29.2 Å². The van der Waals surface area contributed by atoms with Crippen LogP contribution < -0.4 is 0 Å². The first-order valence-corrected chi connectivity index (χ1v) is 8.70. The quantitative estimate of drug-likeness (QED) is 0.766. The fraction of sp³-hybridized carbons (Fsp3) is 0.389. The molecule has 0 N–H and O–H groups in total. The molecule has 1 saturated heterocycles. The summed E-state index contributed by atoms with van der Waals surface area (Å²) in [6.07, 6.45) is 2.83. The molecule has 1 atom stereocenters. The lowest BCUT2D eigenvalue weighted by Gasteiger charge is -2.16. The number of alkyl halides is 1. The molecule has 1 heterocycles. The van der Waals surface area contributed by atoms with Gasteiger partial charge in [-0.2, -0.15) is 0 Å². The molecule has 1 amide bonds. The Hall–Kier alpha value is -1.35. The average Bonchev–Trinajstić information content (AvgIpc) is 2.96. The van der Waals surface area contributed by atoms with Crippen molar-refractivity contribution in [2.45, 2.75) is 19.3 Å². The molecule has 0 radical (unpaired) electrons. The number of hydrogen-bond acceptors (Lipinski definition) is 1. The highest BCUT2D eigenvalue weighted by atomic mass is 79.9. The van der Waals surface area contributed by atoms with E-state index in [9.17, 15) is 4.79 Å². The molecule has 0 aliphatic carbocycles. The number of fused-ring (bicyclic) bond motifs is 1. The first-order chi connectivity index (χ1) is 10.3. The van der Waals surface area contributed by atoms with Crippen LogP contribution in [0.2, 0.25) is 0 Å². The number of hydrogen-bond donors (Lipinski definition) is 0. The Kier molecular flexibility index (Phi) is 4.59. The molecule has 3 rings (SSSR count). The second-order valence-corrected chi connectivity index (χ2v) is 6.62. The van der Waals surface area contributed by atoms with E-state index in [0.29, 0.717) is 12.3 Å². The van der Waals surface area contributed by atoms with Gasteiger partial charge in [-0.15, -0.1) is 0 Å². The summed E-state index contributed by atoms with van der Waals surface area (Å²) in [5.41, 5.74) is 1.11. The van der Waals surface area contributed by atoms with Gasteiger partial charge in [-0.05, 0) is 35.1 Å². The molecule has 3 heteroatoms. The largest absolute Gasteiger partial charge is 0.342 e. The van der Waals surface area contributed by atoms with Crippen molar-refractivity contribution >= 4 is 32.6 Å². The van der Waals surface area contributed by atoms with Crippen LogP contribution in [0, 0.1) is 5.92 Å². The van der Waals surface area contributed by atoms with E-state index in [4.69, 9.17) is 0 Å². The zero-order chi connectivity index (χ0) is 14.7. The van der Waals surface area contributed by atoms with Crippen LogP contribution in [0.4, 0.5) is 0 Å². The van der Waals surface area contributed by atoms with Gasteiger partial charge in [-0.3, -0.25) is 4.79 Å². The molecular weight excluding hydrogens is 326 g/mol. The van der Waals surface area contributed by atoms with Gasteiger partial charge in [0.05, 0.1) is 6.42 Å². The van der Waals surface area contributed by atoms with Crippen molar-refractivity contribution in [1.29, 1.82) is 0 Å². The van der Waals surface area contributed by atoms with Gasteiger partial charge >= 0.3 is 0 Å². The summed E-state index contributed by atoms with van der Waals surface area (Å²) in [4.78, 5) is 14.4. The minimum absolute atomic E-state index is 0.266. The molecule has 1 fully saturated rings. The Balaban J connectivity index is 1.66. The molecule has 0 bridgehead atoms. The van der Waals surface area contributed by atoms with E-state index in [-0.39, 0.29) is 5.91 Å². The van der Waals surface area contributed by atoms with Crippen molar-refractivity contribution in [2.24, 2.45) is 5.92 Å². The summed E-state index contributed by atoms with van der Waals surface area (Å²) in [6.45, 7) is 1.85. The molecule has 1 aliphatic rings. The van der Waals surface area contributed by atoms with Crippen LogP contribution in [0.1, 0.15) is 18.4 Å². The van der Waals surface area contributed by atoms with E-state index >= 15 is 0 Å². The van der Waals surface area contributed by atoms with Crippen molar-refractivity contribution in [1.82, 2.24) is 4.90 Å². The lowest BCUT2D eigenvalue weighted by Crippen LogP contribution is -2.30. The second-order valence-electron chi connectivity index (χ2n) is 5.83. The number of nitrogens with zero attached hydrogens (tertiary/aromatic N) is 1. The van der Waals surface area contributed by atoms with E-state index in [2.05, 4.69) is 46.3 Å². The lowest BCUT2D eigenvalue weighted by molar-refractivity contribution is -0.129. The standard InChI is InChI=1S/C18H20BrNO/c19-9-7-14-8-10-20(13-14)18(21)12-15-5-6-16-3-1-2-4-17(16)11-15/h1-6,11,14H,7-10,12-13H2. The zero-order valence-electron chi connectivity index (χ0n) is 12.1. The van der Waals surface area contributed by atoms with E-state index in [1.807, 2.05) is 17.0 Å². The van der Waals surface area contributed by atoms with Crippen LogP contribution in [0.5, 0.6) is 0 Å². The Morgan fingerprint density at radius 2 is 2.00 bits per heavy atom. The van der Waals surface area contributed by atoms with Crippen molar-refractivity contribution in [3.05, 3.63) is 48.0 Å². The van der Waals surface area contributed by atoms with Crippen LogP contribution >= 0.6 is 15.9 Å². The number of benzene rings is 2. The normalized spacial score (nSPS) is 18.3. The number of halogens is 1. The summed E-state index contributed by atoms with van der Waals surface area (Å²) in [5, 5.41) is 3.47. The number of carbonyl (C=O) groups is 1. The summed E-state index contributed by atoms with van der Waals surface area (Å²) < 4.78 is 0. The van der Waals surface area contributed by atoms with Gasteiger partial charge < -0.3 is 4.90 Å². The van der Waals surface area contributed by atoms with Crippen molar-refractivity contribution < 1.29 is 4.79 Å². The molecule has 0 aromatic heterocycles. The predicted molar refractivity (Wildman–Crippen MR) is 90.8 cm³/mol. The lowest BCUT2D eigenvalue weighted by atomic mass is 10.0. The minimum Gasteiger partial charge on any atom is -0.342 e. The fourth-order valence-corrected chi connectivity index (χ4v) is 3.73. The number of carbonyl (C=O) groups excluding carboxylic acids is 1. The number of likely N-dealkylation sites (tertiary alicyclic amines) is 1. The monoisotopic (exact) mass is 345 g/mol. The van der Waals surface area contributed by atoms with Crippen LogP contribution in [0.3, 0.4) is 0 Å². The van der Waals surface area contributed by atoms with Crippen LogP contribution in [-0.2, 0) is 11.2 Å². The van der Waals surface area contributed by atoms with Gasteiger partial charge in [0.2, 0.25) is 5.91 Å². The highest BCUT2D eigenvalue weighted by molar-refractivity contribution is 9.09. The minimum atomic E-state index is 0.266. The number of amides is 1. The molecule has 2 aromatic rings. The molecule has 110 valence electrons. The van der Waals surface area contributed by atoms with E-state index in [0.717, 1.165) is 30.4 Å². The average molecular weight is 346 g/mol. The Morgan fingerprint density at radius 3 is 2.81 bits per heavy atom. The smallest absolute Gasteiger partial charge is 0.226 e. The predicted octanol–water partition coefficient (Wildman–Crippen LogP) is 4.02. The van der Waals surface area contributed by atoms with E-state index in [1.165, 1.54) is 17.2 Å². The molecule has 1 aliphatic heterocycles. The van der Waals surface area contributed by atoms with Crippen LogP contribution in [0.25, 0.3) is 10.8 Å². The first kappa shape index (κ1) is 14.6. The molecule has 2 aromatic carbocycles. The van der Waals surface area contributed by atoms with E-state index in [1.54, 1.807) is 0 Å². The van der Waals surface area contributed by atoms with Crippen molar-refractivity contribution in [3.63, 3.8) is 0 Å². The maximum absolute atomic E-state index is 12.4. The third kappa shape index (κ3) is 3.46. The highest BCUT2D eigenvalue weighted by Gasteiger charge is 2.25. The summed E-state index contributed by atoms with van der Waals surface area (Å²) >= 11 is 3.49. The Morgan fingerprint density at radius 1 is 1.19 bits per heavy atom. The fourth-order valence-electron chi connectivity index (χ4n) is 3.08. The maximum Gasteiger partial charge on any atom is 0.226 e. The van der Waals surface area contributed by atoms with Gasteiger partial charge in [-0.25, -0.2) is 0 Å². The molecule has 0 spiro atoms. The third-order valence-electron chi connectivity index (χ3n) is 4.33. The van der Waals surface area contributed by atoms with Crippen molar-refractivity contribution in [3.8, 4) is 0 Å². The summed E-state index contributed by atoms with van der Waals surface area (Å²) in [5.74, 6) is 0.937. The Bertz CT molecular complexity index is 640. The van der Waals surface area contributed by atoms with E-state index < -0.39 is 0 Å².